The van der Waals surface area contributed by atoms with Crippen LogP contribution in [0.3, 0.4) is 0 Å². The zero-order chi connectivity index (χ0) is 11.4. The third-order valence-corrected chi connectivity index (χ3v) is 3.76. The number of benzene rings is 1. The van der Waals surface area contributed by atoms with Crippen molar-refractivity contribution in [3.05, 3.63) is 35.4 Å². The van der Waals surface area contributed by atoms with Crippen molar-refractivity contribution >= 4 is 11.6 Å². The van der Waals surface area contributed by atoms with E-state index in [9.17, 15) is 0 Å². The molecule has 0 radical (unpaired) electrons. The Labute approximate surface area is 103 Å². The Bertz CT molecular complexity index is 320. The Hall–Kier alpha value is -0.530. The molecule has 1 saturated carbocycles. The molecular weight excluding hydrogens is 218 g/mol. The molecule has 1 N–H and O–H groups in total. The minimum Gasteiger partial charge on any atom is -0.312 e. The lowest BCUT2D eigenvalue weighted by Gasteiger charge is -2.10. The Morgan fingerprint density at radius 2 is 2.00 bits per heavy atom. The van der Waals surface area contributed by atoms with Crippen LogP contribution in [-0.2, 0) is 6.54 Å². The van der Waals surface area contributed by atoms with E-state index in [2.05, 4.69) is 36.5 Å². The molecule has 1 aromatic rings. The Kier molecular flexibility index (Phi) is 4.25. The van der Waals surface area contributed by atoms with Gasteiger partial charge in [-0.1, -0.05) is 29.8 Å². The van der Waals surface area contributed by atoms with Gasteiger partial charge in [0.25, 0.3) is 0 Å². The molecule has 0 saturated heterocycles. The summed E-state index contributed by atoms with van der Waals surface area (Å²) in [5.41, 5.74) is 2.69. The van der Waals surface area contributed by atoms with E-state index in [0.29, 0.717) is 5.38 Å². The fourth-order valence-electron chi connectivity index (χ4n) is 2.33. The van der Waals surface area contributed by atoms with Crippen LogP contribution in [-0.4, -0.2) is 11.9 Å². The quantitative estimate of drug-likeness (QED) is 0.791. The van der Waals surface area contributed by atoms with E-state index in [0.717, 1.165) is 19.0 Å². The van der Waals surface area contributed by atoms with Crippen LogP contribution in [0, 0.1) is 12.8 Å². The molecule has 1 aromatic carbocycles. The van der Waals surface area contributed by atoms with Crippen molar-refractivity contribution in [2.45, 2.75) is 38.1 Å². The molecule has 2 rings (SSSR count). The highest BCUT2D eigenvalue weighted by molar-refractivity contribution is 6.20. The van der Waals surface area contributed by atoms with Crippen LogP contribution >= 0.6 is 11.6 Å². The van der Waals surface area contributed by atoms with Crippen molar-refractivity contribution in [3.63, 3.8) is 0 Å². The molecular formula is C14H20ClN. The smallest absolute Gasteiger partial charge is 0.0339 e. The SMILES string of the molecule is Cc1ccc(CNCC2CCC(Cl)C2)cc1. The van der Waals surface area contributed by atoms with E-state index in [-0.39, 0.29) is 0 Å². The van der Waals surface area contributed by atoms with Crippen molar-refractivity contribution in [2.24, 2.45) is 5.92 Å². The maximum Gasteiger partial charge on any atom is 0.0339 e. The van der Waals surface area contributed by atoms with Crippen molar-refractivity contribution < 1.29 is 0 Å². The van der Waals surface area contributed by atoms with Gasteiger partial charge in [-0.2, -0.15) is 0 Å². The van der Waals surface area contributed by atoms with E-state index in [1.54, 1.807) is 0 Å². The molecule has 1 fully saturated rings. The predicted octanol–water partition coefficient (Wildman–Crippen LogP) is 3.49. The van der Waals surface area contributed by atoms with Gasteiger partial charge in [-0.3, -0.25) is 0 Å². The summed E-state index contributed by atoms with van der Waals surface area (Å²) in [5.74, 6) is 0.785. The Balaban J connectivity index is 1.70. The lowest BCUT2D eigenvalue weighted by atomic mass is 10.1. The summed E-state index contributed by atoms with van der Waals surface area (Å²) in [6, 6.07) is 8.73. The second-order valence-corrected chi connectivity index (χ2v) is 5.51. The van der Waals surface area contributed by atoms with E-state index in [4.69, 9.17) is 11.6 Å². The number of aryl methyl sites for hydroxylation is 1. The number of nitrogens with one attached hydrogen (secondary N) is 1. The first-order valence-electron chi connectivity index (χ1n) is 6.14. The molecule has 0 aromatic heterocycles. The summed E-state index contributed by atoms with van der Waals surface area (Å²) in [6.45, 7) is 4.21. The van der Waals surface area contributed by atoms with Crippen molar-refractivity contribution in [2.75, 3.05) is 6.54 Å². The molecule has 0 spiro atoms. The molecule has 0 amide bonds. The fraction of sp³-hybridized carbons (Fsp3) is 0.571. The summed E-state index contributed by atoms with van der Waals surface area (Å²) >= 11 is 6.09. The summed E-state index contributed by atoms with van der Waals surface area (Å²) in [5, 5.41) is 3.95. The molecule has 1 aliphatic carbocycles. The zero-order valence-corrected chi connectivity index (χ0v) is 10.6. The molecule has 2 unspecified atom stereocenters. The third-order valence-electron chi connectivity index (χ3n) is 3.36. The Morgan fingerprint density at radius 1 is 1.25 bits per heavy atom. The van der Waals surface area contributed by atoms with Crippen molar-refractivity contribution in [1.29, 1.82) is 0 Å². The van der Waals surface area contributed by atoms with Crippen LogP contribution in [0.1, 0.15) is 30.4 Å². The predicted molar refractivity (Wildman–Crippen MR) is 69.9 cm³/mol. The van der Waals surface area contributed by atoms with Gasteiger partial charge in [-0.25, -0.2) is 0 Å². The van der Waals surface area contributed by atoms with Crippen LogP contribution in [0.15, 0.2) is 24.3 Å². The highest BCUT2D eigenvalue weighted by Gasteiger charge is 2.21. The lowest BCUT2D eigenvalue weighted by Crippen LogP contribution is -2.21. The average molecular weight is 238 g/mol. The van der Waals surface area contributed by atoms with Gasteiger partial charge in [-0.15, -0.1) is 11.6 Å². The lowest BCUT2D eigenvalue weighted by molar-refractivity contribution is 0.490. The van der Waals surface area contributed by atoms with E-state index in [1.807, 2.05) is 0 Å². The molecule has 1 nitrogen and oxygen atoms in total. The van der Waals surface area contributed by atoms with Gasteiger partial charge in [0.15, 0.2) is 0 Å². The zero-order valence-electron chi connectivity index (χ0n) is 9.88. The van der Waals surface area contributed by atoms with E-state index in [1.165, 1.54) is 30.4 Å². The van der Waals surface area contributed by atoms with Gasteiger partial charge in [0.1, 0.15) is 0 Å². The monoisotopic (exact) mass is 237 g/mol. The second kappa shape index (κ2) is 5.70. The largest absolute Gasteiger partial charge is 0.312 e. The van der Waals surface area contributed by atoms with Gasteiger partial charge in [-0.05, 0) is 44.2 Å². The van der Waals surface area contributed by atoms with Crippen LogP contribution in [0.25, 0.3) is 0 Å². The standard InChI is InChI=1S/C14H20ClN/c1-11-2-4-12(5-3-11)9-16-10-13-6-7-14(15)8-13/h2-5,13-14,16H,6-10H2,1H3. The first kappa shape index (κ1) is 11.9. The van der Waals surface area contributed by atoms with Gasteiger partial charge in [0.2, 0.25) is 0 Å². The normalized spacial score (nSPS) is 24.9. The Morgan fingerprint density at radius 3 is 2.62 bits per heavy atom. The summed E-state index contributed by atoms with van der Waals surface area (Å²) < 4.78 is 0. The number of alkyl halides is 1. The topological polar surface area (TPSA) is 12.0 Å². The number of halogens is 1. The number of hydrogen-bond donors (Lipinski definition) is 1. The highest BCUT2D eigenvalue weighted by atomic mass is 35.5. The first-order chi connectivity index (χ1) is 7.74. The molecule has 88 valence electrons. The molecule has 0 heterocycles. The van der Waals surface area contributed by atoms with Gasteiger partial charge < -0.3 is 5.32 Å². The van der Waals surface area contributed by atoms with Gasteiger partial charge in [0, 0.05) is 11.9 Å². The van der Waals surface area contributed by atoms with E-state index < -0.39 is 0 Å². The number of hydrogen-bond acceptors (Lipinski definition) is 1. The van der Waals surface area contributed by atoms with Crippen LogP contribution in [0.5, 0.6) is 0 Å². The van der Waals surface area contributed by atoms with Crippen LogP contribution < -0.4 is 5.32 Å². The minimum absolute atomic E-state index is 0.422. The summed E-state index contributed by atoms with van der Waals surface area (Å²) in [6.07, 6.45) is 3.66. The first-order valence-corrected chi connectivity index (χ1v) is 6.58. The molecule has 16 heavy (non-hydrogen) atoms. The van der Waals surface area contributed by atoms with Crippen LogP contribution in [0.4, 0.5) is 0 Å². The van der Waals surface area contributed by atoms with Crippen LogP contribution in [0.2, 0.25) is 0 Å². The molecule has 2 heteroatoms. The second-order valence-electron chi connectivity index (χ2n) is 4.89. The fourth-order valence-corrected chi connectivity index (χ4v) is 2.70. The summed E-state index contributed by atoms with van der Waals surface area (Å²) in [4.78, 5) is 0. The molecule has 0 aliphatic heterocycles. The number of rotatable bonds is 4. The van der Waals surface area contributed by atoms with Crippen molar-refractivity contribution in [1.82, 2.24) is 5.32 Å². The maximum atomic E-state index is 6.09. The summed E-state index contributed by atoms with van der Waals surface area (Å²) in [7, 11) is 0. The average Bonchev–Trinajstić information content (AvgIpc) is 2.67. The highest BCUT2D eigenvalue weighted by Crippen LogP contribution is 2.28. The van der Waals surface area contributed by atoms with Gasteiger partial charge >= 0.3 is 0 Å². The van der Waals surface area contributed by atoms with Gasteiger partial charge in [0.05, 0.1) is 0 Å². The molecule has 1 aliphatic rings. The van der Waals surface area contributed by atoms with Crippen molar-refractivity contribution in [3.8, 4) is 0 Å². The minimum atomic E-state index is 0.422. The molecule has 0 bridgehead atoms. The molecule has 2 atom stereocenters. The maximum absolute atomic E-state index is 6.09. The van der Waals surface area contributed by atoms with E-state index >= 15 is 0 Å². The third kappa shape index (κ3) is 3.50.